The van der Waals surface area contributed by atoms with Gasteiger partial charge in [0.25, 0.3) is 5.56 Å². The van der Waals surface area contributed by atoms with Crippen LogP contribution in [0.5, 0.6) is 5.75 Å². The van der Waals surface area contributed by atoms with Crippen molar-refractivity contribution < 1.29 is 14.6 Å². The number of carbonyl (C=O) groups is 1. The molecule has 0 bridgehead atoms. The van der Waals surface area contributed by atoms with Gasteiger partial charge >= 0.3 is 5.97 Å². The Labute approximate surface area is 170 Å². The quantitative estimate of drug-likeness (QED) is 0.537. The fourth-order valence-corrected chi connectivity index (χ4v) is 4.21. The van der Waals surface area contributed by atoms with Crippen molar-refractivity contribution in [1.29, 1.82) is 0 Å². The van der Waals surface area contributed by atoms with Crippen molar-refractivity contribution in [3.05, 3.63) is 81.2 Å². The molecule has 0 saturated carbocycles. The molecule has 0 saturated heterocycles. The topological polar surface area (TPSA) is 81.4 Å². The Morgan fingerprint density at radius 1 is 1.14 bits per heavy atom. The maximum atomic E-state index is 13.3. The lowest BCUT2D eigenvalue weighted by Gasteiger charge is -2.11. The van der Waals surface area contributed by atoms with Gasteiger partial charge in [0.05, 0.1) is 24.6 Å². The standard InChI is InChI=1S/C22H18N2O4S/c1-13-23-20-19(18(12-29-20)15-7-9-17(28-2)10-8-15)21(25)24(13)11-14-3-5-16(6-4-14)22(26)27/h3-10,12H,11H2,1-2H3,(H,26,27). The van der Waals surface area contributed by atoms with Crippen LogP contribution in [0.4, 0.5) is 0 Å². The Morgan fingerprint density at radius 2 is 1.83 bits per heavy atom. The molecule has 4 rings (SSSR count). The highest BCUT2D eigenvalue weighted by Crippen LogP contribution is 2.32. The monoisotopic (exact) mass is 406 g/mol. The summed E-state index contributed by atoms with van der Waals surface area (Å²) in [5.41, 5.74) is 2.72. The third-order valence-corrected chi connectivity index (χ3v) is 5.70. The number of nitrogens with zero attached hydrogens (tertiary/aromatic N) is 2. The molecule has 2 aromatic heterocycles. The first kappa shape index (κ1) is 18.9. The number of carboxylic acids is 1. The minimum Gasteiger partial charge on any atom is -0.497 e. The van der Waals surface area contributed by atoms with Gasteiger partial charge in [-0.1, -0.05) is 24.3 Å². The molecule has 0 fully saturated rings. The van der Waals surface area contributed by atoms with E-state index in [1.165, 1.54) is 23.5 Å². The van der Waals surface area contributed by atoms with Crippen molar-refractivity contribution in [3.8, 4) is 16.9 Å². The average Bonchev–Trinajstić information content (AvgIpc) is 3.15. The Kier molecular flexibility index (Phi) is 4.90. The number of aromatic carboxylic acids is 1. The van der Waals surface area contributed by atoms with E-state index in [9.17, 15) is 9.59 Å². The van der Waals surface area contributed by atoms with Gasteiger partial charge in [0.2, 0.25) is 0 Å². The van der Waals surface area contributed by atoms with Gasteiger partial charge in [-0.2, -0.15) is 0 Å². The Hall–Kier alpha value is -3.45. The molecule has 0 aliphatic heterocycles. The molecule has 29 heavy (non-hydrogen) atoms. The zero-order chi connectivity index (χ0) is 20.5. The molecule has 6 nitrogen and oxygen atoms in total. The fourth-order valence-electron chi connectivity index (χ4n) is 3.23. The van der Waals surface area contributed by atoms with Crippen LogP contribution >= 0.6 is 11.3 Å². The summed E-state index contributed by atoms with van der Waals surface area (Å²) in [5.74, 6) is 0.396. The minimum absolute atomic E-state index is 0.109. The van der Waals surface area contributed by atoms with Crippen molar-refractivity contribution in [1.82, 2.24) is 9.55 Å². The molecule has 146 valence electrons. The highest BCUT2D eigenvalue weighted by atomic mass is 32.1. The third kappa shape index (κ3) is 3.52. The van der Waals surface area contributed by atoms with E-state index >= 15 is 0 Å². The number of thiophene rings is 1. The van der Waals surface area contributed by atoms with E-state index < -0.39 is 5.97 Å². The van der Waals surface area contributed by atoms with E-state index in [1.54, 1.807) is 30.7 Å². The zero-order valence-corrected chi connectivity index (χ0v) is 16.7. The average molecular weight is 406 g/mol. The van der Waals surface area contributed by atoms with E-state index in [0.29, 0.717) is 22.6 Å². The van der Waals surface area contributed by atoms with Crippen LogP contribution in [0, 0.1) is 6.92 Å². The van der Waals surface area contributed by atoms with Crippen LogP contribution in [0.2, 0.25) is 0 Å². The molecule has 2 aromatic carbocycles. The summed E-state index contributed by atoms with van der Waals surface area (Å²) in [5, 5.41) is 11.6. The number of aromatic nitrogens is 2. The van der Waals surface area contributed by atoms with Crippen LogP contribution in [0.3, 0.4) is 0 Å². The number of carboxylic acid groups (broad SMARTS) is 1. The second-order valence-corrected chi connectivity index (χ2v) is 7.47. The van der Waals surface area contributed by atoms with E-state index in [4.69, 9.17) is 9.84 Å². The van der Waals surface area contributed by atoms with Gasteiger partial charge in [-0.05, 0) is 42.3 Å². The fraction of sp³-hybridized carbons (Fsp3) is 0.136. The number of ether oxygens (including phenoxy) is 1. The molecule has 1 N–H and O–H groups in total. The predicted octanol–water partition coefficient (Wildman–Crippen LogP) is 4.19. The van der Waals surface area contributed by atoms with Gasteiger partial charge < -0.3 is 9.84 Å². The van der Waals surface area contributed by atoms with Crippen molar-refractivity contribution in [2.24, 2.45) is 0 Å². The van der Waals surface area contributed by atoms with E-state index in [-0.39, 0.29) is 11.1 Å². The predicted molar refractivity (Wildman–Crippen MR) is 113 cm³/mol. The summed E-state index contributed by atoms with van der Waals surface area (Å²) >= 11 is 1.45. The van der Waals surface area contributed by atoms with Crippen molar-refractivity contribution in [2.45, 2.75) is 13.5 Å². The number of benzene rings is 2. The number of hydrogen-bond donors (Lipinski definition) is 1. The zero-order valence-electron chi connectivity index (χ0n) is 15.9. The smallest absolute Gasteiger partial charge is 0.335 e. The lowest BCUT2D eigenvalue weighted by atomic mass is 10.1. The van der Waals surface area contributed by atoms with Crippen molar-refractivity contribution >= 4 is 27.5 Å². The van der Waals surface area contributed by atoms with Crippen LogP contribution in [0.25, 0.3) is 21.3 Å². The molecule has 0 aliphatic rings. The molecular weight excluding hydrogens is 388 g/mol. The van der Waals surface area contributed by atoms with E-state index in [2.05, 4.69) is 4.98 Å². The highest BCUT2D eigenvalue weighted by Gasteiger charge is 2.16. The Balaban J connectivity index is 1.78. The highest BCUT2D eigenvalue weighted by molar-refractivity contribution is 7.17. The number of hydrogen-bond acceptors (Lipinski definition) is 5. The molecule has 0 unspecified atom stereocenters. The molecule has 2 heterocycles. The number of fused-ring (bicyclic) bond motifs is 1. The molecule has 0 atom stereocenters. The normalized spacial score (nSPS) is 11.0. The molecule has 0 spiro atoms. The summed E-state index contributed by atoms with van der Waals surface area (Å²) in [6.45, 7) is 2.13. The molecule has 7 heteroatoms. The maximum Gasteiger partial charge on any atom is 0.335 e. The van der Waals surface area contributed by atoms with Crippen LogP contribution in [0.1, 0.15) is 21.7 Å². The molecular formula is C22H18N2O4S. The summed E-state index contributed by atoms with van der Waals surface area (Å²) in [7, 11) is 1.61. The van der Waals surface area contributed by atoms with Crippen LogP contribution in [-0.4, -0.2) is 27.7 Å². The number of methoxy groups -OCH3 is 1. The molecule has 0 amide bonds. The van der Waals surface area contributed by atoms with Crippen LogP contribution < -0.4 is 10.3 Å². The first-order valence-corrected chi connectivity index (χ1v) is 9.81. The van der Waals surface area contributed by atoms with Crippen molar-refractivity contribution in [2.75, 3.05) is 7.11 Å². The molecule has 4 aromatic rings. The van der Waals surface area contributed by atoms with Crippen molar-refractivity contribution in [3.63, 3.8) is 0 Å². The maximum absolute atomic E-state index is 13.3. The largest absolute Gasteiger partial charge is 0.497 e. The number of rotatable bonds is 5. The summed E-state index contributed by atoms with van der Waals surface area (Å²) in [6, 6.07) is 14.1. The summed E-state index contributed by atoms with van der Waals surface area (Å²) in [4.78, 5) is 29.7. The second kappa shape index (κ2) is 7.52. The van der Waals surface area contributed by atoms with Gasteiger partial charge in [0, 0.05) is 10.9 Å². The summed E-state index contributed by atoms with van der Waals surface area (Å²) in [6.07, 6.45) is 0. The van der Waals surface area contributed by atoms with Gasteiger partial charge in [-0.25, -0.2) is 9.78 Å². The van der Waals surface area contributed by atoms with Gasteiger partial charge in [-0.3, -0.25) is 9.36 Å². The first-order valence-electron chi connectivity index (χ1n) is 8.93. The lowest BCUT2D eigenvalue weighted by Crippen LogP contribution is -2.24. The van der Waals surface area contributed by atoms with Crippen LogP contribution in [0.15, 0.2) is 58.7 Å². The first-order chi connectivity index (χ1) is 14.0. The van der Waals surface area contributed by atoms with Gasteiger partial charge in [0.1, 0.15) is 16.4 Å². The second-order valence-electron chi connectivity index (χ2n) is 6.61. The van der Waals surface area contributed by atoms with E-state index in [0.717, 1.165) is 22.4 Å². The SMILES string of the molecule is COc1ccc(-c2csc3nc(C)n(Cc4ccc(C(=O)O)cc4)c(=O)c23)cc1. The number of aryl methyl sites for hydroxylation is 1. The molecule has 0 aliphatic carbocycles. The van der Waals surface area contributed by atoms with Gasteiger partial charge in [-0.15, -0.1) is 11.3 Å². The van der Waals surface area contributed by atoms with E-state index in [1.807, 2.05) is 29.6 Å². The van der Waals surface area contributed by atoms with Crippen LogP contribution in [-0.2, 0) is 6.54 Å². The van der Waals surface area contributed by atoms with Gasteiger partial charge in [0.15, 0.2) is 0 Å². The lowest BCUT2D eigenvalue weighted by molar-refractivity contribution is 0.0697. The third-order valence-electron chi connectivity index (χ3n) is 4.83. The summed E-state index contributed by atoms with van der Waals surface area (Å²) < 4.78 is 6.83. The minimum atomic E-state index is -0.976. The molecule has 0 radical (unpaired) electrons. The Morgan fingerprint density at radius 3 is 2.45 bits per heavy atom. The Bertz CT molecular complexity index is 1260.